The number of amides is 1. The van der Waals surface area contributed by atoms with Gasteiger partial charge in [-0.25, -0.2) is 0 Å². The number of thiophene rings is 1. The summed E-state index contributed by atoms with van der Waals surface area (Å²) in [7, 11) is 0. The molecule has 2 rings (SSSR count). The maximum absolute atomic E-state index is 11.8. The second-order valence-electron chi connectivity index (χ2n) is 5.28. The summed E-state index contributed by atoms with van der Waals surface area (Å²) in [6.45, 7) is 7.61. The Kier molecular flexibility index (Phi) is 4.78. The minimum atomic E-state index is 0.0756. The van der Waals surface area contributed by atoms with Gasteiger partial charge in [0.25, 0.3) is 5.91 Å². The van der Waals surface area contributed by atoms with E-state index < -0.39 is 0 Å². The van der Waals surface area contributed by atoms with Gasteiger partial charge in [0.2, 0.25) is 0 Å². The zero-order valence-corrected chi connectivity index (χ0v) is 12.0. The molecule has 1 fully saturated rings. The lowest BCUT2D eigenvalue weighted by molar-refractivity contribution is 0.0926. The topological polar surface area (TPSA) is 32.3 Å². The number of hydrogen-bond acceptors (Lipinski definition) is 3. The largest absolute Gasteiger partial charge is 0.351 e. The van der Waals surface area contributed by atoms with Crippen molar-refractivity contribution >= 4 is 17.2 Å². The number of nitrogens with zero attached hydrogens (tertiary/aromatic N) is 1. The Hall–Kier alpha value is -0.870. The molecule has 1 amide bonds. The fourth-order valence-electron chi connectivity index (χ4n) is 2.46. The smallest absolute Gasteiger partial charge is 0.261 e. The first-order valence-electron chi connectivity index (χ1n) is 6.72. The third kappa shape index (κ3) is 3.56. The van der Waals surface area contributed by atoms with E-state index in [0.29, 0.717) is 12.0 Å². The first-order valence-corrected chi connectivity index (χ1v) is 7.60. The van der Waals surface area contributed by atoms with Crippen LogP contribution in [0.4, 0.5) is 0 Å². The van der Waals surface area contributed by atoms with E-state index in [0.717, 1.165) is 18.0 Å². The molecule has 4 heteroatoms. The summed E-state index contributed by atoms with van der Waals surface area (Å²) < 4.78 is 0. The number of piperidine rings is 1. The van der Waals surface area contributed by atoms with Crippen molar-refractivity contribution in [2.75, 3.05) is 19.6 Å². The van der Waals surface area contributed by atoms with E-state index >= 15 is 0 Å². The van der Waals surface area contributed by atoms with Crippen LogP contribution in [-0.2, 0) is 0 Å². The van der Waals surface area contributed by atoms with Crippen molar-refractivity contribution in [3.05, 3.63) is 22.4 Å². The van der Waals surface area contributed by atoms with Gasteiger partial charge in [-0.15, -0.1) is 11.3 Å². The Labute approximate surface area is 113 Å². The van der Waals surface area contributed by atoms with E-state index in [9.17, 15) is 4.79 Å². The van der Waals surface area contributed by atoms with Crippen molar-refractivity contribution in [1.82, 2.24) is 10.2 Å². The van der Waals surface area contributed by atoms with Crippen LogP contribution in [-0.4, -0.2) is 36.5 Å². The summed E-state index contributed by atoms with van der Waals surface area (Å²) in [6, 6.07) is 4.41. The molecule has 1 aromatic heterocycles. The van der Waals surface area contributed by atoms with E-state index in [1.165, 1.54) is 30.7 Å². The maximum atomic E-state index is 11.8. The number of nitrogens with one attached hydrogen (secondary N) is 1. The van der Waals surface area contributed by atoms with Gasteiger partial charge >= 0.3 is 0 Å². The van der Waals surface area contributed by atoms with Crippen molar-refractivity contribution in [3.8, 4) is 0 Å². The van der Waals surface area contributed by atoms with Gasteiger partial charge in [-0.2, -0.15) is 0 Å². The van der Waals surface area contributed by atoms with E-state index in [-0.39, 0.29) is 5.91 Å². The van der Waals surface area contributed by atoms with Gasteiger partial charge in [0.15, 0.2) is 0 Å². The molecular formula is C14H22N2OS. The van der Waals surface area contributed by atoms with E-state index in [2.05, 4.69) is 24.1 Å². The molecule has 0 bridgehead atoms. The molecule has 1 aliphatic heterocycles. The van der Waals surface area contributed by atoms with Gasteiger partial charge in [-0.3, -0.25) is 4.79 Å². The van der Waals surface area contributed by atoms with Gasteiger partial charge in [0.05, 0.1) is 4.88 Å². The number of likely N-dealkylation sites (tertiary alicyclic amines) is 1. The zero-order chi connectivity index (χ0) is 13.0. The first-order chi connectivity index (χ1) is 8.66. The third-order valence-electron chi connectivity index (χ3n) is 3.58. The molecule has 1 aromatic rings. The van der Waals surface area contributed by atoms with Crippen LogP contribution in [0.5, 0.6) is 0 Å². The minimum absolute atomic E-state index is 0.0756. The van der Waals surface area contributed by atoms with Gasteiger partial charge in [0, 0.05) is 19.1 Å². The van der Waals surface area contributed by atoms with Gasteiger partial charge in [0.1, 0.15) is 0 Å². The molecule has 1 unspecified atom stereocenters. The highest BCUT2D eigenvalue weighted by atomic mass is 32.1. The Bertz CT molecular complexity index is 375. The van der Waals surface area contributed by atoms with E-state index in [4.69, 9.17) is 0 Å². The molecule has 2 heterocycles. The zero-order valence-electron chi connectivity index (χ0n) is 11.2. The Morgan fingerprint density at radius 2 is 2.44 bits per heavy atom. The van der Waals surface area contributed by atoms with Crippen LogP contribution in [0.2, 0.25) is 0 Å². The predicted molar refractivity (Wildman–Crippen MR) is 76.1 cm³/mol. The number of rotatable bonds is 4. The van der Waals surface area contributed by atoms with Crippen LogP contribution in [0.3, 0.4) is 0 Å². The van der Waals surface area contributed by atoms with Crippen LogP contribution in [0.25, 0.3) is 0 Å². The quantitative estimate of drug-likeness (QED) is 0.908. The summed E-state index contributed by atoms with van der Waals surface area (Å²) in [4.78, 5) is 15.2. The van der Waals surface area contributed by atoms with Crippen LogP contribution in [0.15, 0.2) is 17.5 Å². The first kappa shape index (κ1) is 13.6. The predicted octanol–water partition coefficient (Wildman–Crippen LogP) is 2.60. The molecular weight excluding hydrogens is 244 g/mol. The number of carbonyl (C=O) groups is 1. The second-order valence-corrected chi connectivity index (χ2v) is 6.23. The van der Waals surface area contributed by atoms with Crippen molar-refractivity contribution in [1.29, 1.82) is 0 Å². The normalized spacial score (nSPS) is 21.2. The van der Waals surface area contributed by atoms with Gasteiger partial charge < -0.3 is 10.2 Å². The van der Waals surface area contributed by atoms with Gasteiger partial charge in [-0.1, -0.05) is 6.07 Å². The van der Waals surface area contributed by atoms with Crippen LogP contribution in [0, 0.1) is 5.92 Å². The highest BCUT2D eigenvalue weighted by Gasteiger charge is 2.22. The molecule has 0 radical (unpaired) electrons. The molecule has 18 heavy (non-hydrogen) atoms. The van der Waals surface area contributed by atoms with Crippen molar-refractivity contribution in [3.63, 3.8) is 0 Å². The van der Waals surface area contributed by atoms with Crippen LogP contribution in [0.1, 0.15) is 36.4 Å². The summed E-state index contributed by atoms with van der Waals surface area (Å²) >= 11 is 1.50. The molecule has 0 aromatic carbocycles. The summed E-state index contributed by atoms with van der Waals surface area (Å²) in [5, 5.41) is 5.00. The standard InChI is InChI=1S/C14H22N2OS/c1-11(2)16-7-3-5-12(10-16)9-15-14(17)13-6-4-8-18-13/h4,6,8,11-12H,3,5,7,9-10H2,1-2H3,(H,15,17). The fraction of sp³-hybridized carbons (Fsp3) is 0.643. The average Bonchev–Trinajstić information content (AvgIpc) is 2.90. The number of hydrogen-bond donors (Lipinski definition) is 1. The molecule has 0 spiro atoms. The SMILES string of the molecule is CC(C)N1CCCC(CNC(=O)c2cccs2)C1. The molecule has 1 atom stereocenters. The van der Waals surface area contributed by atoms with Gasteiger partial charge in [-0.05, 0) is 50.6 Å². The van der Waals surface area contributed by atoms with E-state index in [1.54, 1.807) is 0 Å². The molecule has 1 saturated heterocycles. The fourth-order valence-corrected chi connectivity index (χ4v) is 3.10. The Balaban J connectivity index is 1.78. The second kappa shape index (κ2) is 6.34. The van der Waals surface area contributed by atoms with Crippen molar-refractivity contribution < 1.29 is 4.79 Å². The summed E-state index contributed by atoms with van der Waals surface area (Å²) in [5.41, 5.74) is 0. The molecule has 0 saturated carbocycles. The molecule has 0 aliphatic carbocycles. The average molecular weight is 266 g/mol. The molecule has 100 valence electrons. The molecule has 1 N–H and O–H groups in total. The van der Waals surface area contributed by atoms with E-state index in [1.807, 2.05) is 17.5 Å². The lowest BCUT2D eigenvalue weighted by Crippen LogP contribution is -2.43. The van der Waals surface area contributed by atoms with Crippen molar-refractivity contribution in [2.45, 2.75) is 32.7 Å². The summed E-state index contributed by atoms with van der Waals surface area (Å²) in [5.74, 6) is 0.678. The van der Waals surface area contributed by atoms with Crippen LogP contribution < -0.4 is 5.32 Å². The summed E-state index contributed by atoms with van der Waals surface area (Å²) in [6.07, 6.45) is 2.48. The molecule has 1 aliphatic rings. The molecule has 3 nitrogen and oxygen atoms in total. The highest BCUT2D eigenvalue weighted by molar-refractivity contribution is 7.12. The van der Waals surface area contributed by atoms with Crippen LogP contribution >= 0.6 is 11.3 Å². The Morgan fingerprint density at radius 3 is 3.11 bits per heavy atom. The minimum Gasteiger partial charge on any atom is -0.351 e. The van der Waals surface area contributed by atoms with Crippen molar-refractivity contribution in [2.24, 2.45) is 5.92 Å². The maximum Gasteiger partial charge on any atom is 0.261 e. The highest BCUT2D eigenvalue weighted by Crippen LogP contribution is 2.18. The lowest BCUT2D eigenvalue weighted by Gasteiger charge is -2.35. The monoisotopic (exact) mass is 266 g/mol. The lowest BCUT2D eigenvalue weighted by atomic mass is 9.97. The number of carbonyl (C=O) groups excluding carboxylic acids is 1. The Morgan fingerprint density at radius 1 is 1.61 bits per heavy atom. The third-order valence-corrected chi connectivity index (χ3v) is 4.45.